The lowest BCUT2D eigenvalue weighted by Gasteiger charge is -2.09. The summed E-state index contributed by atoms with van der Waals surface area (Å²) in [4.78, 5) is 0. The molecule has 0 fully saturated rings. The van der Waals surface area contributed by atoms with E-state index >= 15 is 0 Å². The molecule has 0 N–H and O–H groups in total. The van der Waals surface area contributed by atoms with Crippen molar-refractivity contribution in [3.63, 3.8) is 0 Å². The van der Waals surface area contributed by atoms with Gasteiger partial charge in [-0.15, -0.1) is 13.2 Å². The van der Waals surface area contributed by atoms with Crippen LogP contribution < -0.4 is 4.74 Å². The van der Waals surface area contributed by atoms with Crippen LogP contribution in [0.1, 0.15) is 31.7 Å². The quantitative estimate of drug-likeness (QED) is 0.596. The van der Waals surface area contributed by atoms with Crippen LogP contribution in [0.5, 0.6) is 5.75 Å². The number of hydrogen-bond donors (Lipinski definition) is 0. The lowest BCUT2D eigenvalue weighted by molar-refractivity contribution is -0.274. The fourth-order valence-corrected chi connectivity index (χ4v) is 2.29. The number of aryl methyl sites for hydroxylation is 1. The summed E-state index contributed by atoms with van der Waals surface area (Å²) in [6.07, 6.45) is 0.0142. The van der Waals surface area contributed by atoms with Crippen molar-refractivity contribution in [2.75, 3.05) is 0 Å². The lowest BCUT2D eigenvalue weighted by atomic mass is 10.0. The number of hydrogen-bond acceptors (Lipinski definition) is 1. The van der Waals surface area contributed by atoms with E-state index in [-0.39, 0.29) is 5.75 Å². The van der Waals surface area contributed by atoms with Crippen molar-refractivity contribution in [1.82, 2.24) is 0 Å². The first-order valence-corrected chi connectivity index (χ1v) is 7.43. The summed E-state index contributed by atoms with van der Waals surface area (Å²) in [5, 5.41) is 0. The van der Waals surface area contributed by atoms with E-state index in [4.69, 9.17) is 0 Å². The third-order valence-electron chi connectivity index (χ3n) is 3.44. The molecule has 0 aromatic heterocycles. The zero-order valence-corrected chi connectivity index (χ0v) is 12.5. The molecule has 2 aromatic rings. The first-order valence-electron chi connectivity index (χ1n) is 7.43. The maximum absolute atomic E-state index is 12.1. The molecule has 0 aliphatic carbocycles. The zero-order valence-electron chi connectivity index (χ0n) is 12.5. The molecule has 0 aliphatic rings. The summed E-state index contributed by atoms with van der Waals surface area (Å²) in [5.41, 5.74) is 3.14. The first-order chi connectivity index (χ1) is 10.5. The van der Waals surface area contributed by atoms with Gasteiger partial charge in [0.05, 0.1) is 0 Å². The summed E-state index contributed by atoms with van der Waals surface area (Å²) in [6.45, 7) is 2.18. The highest BCUT2D eigenvalue weighted by atomic mass is 19.4. The van der Waals surface area contributed by atoms with Crippen LogP contribution >= 0.6 is 0 Å². The van der Waals surface area contributed by atoms with Crippen molar-refractivity contribution in [2.45, 2.75) is 39.0 Å². The molecule has 1 nitrogen and oxygen atoms in total. The van der Waals surface area contributed by atoms with Gasteiger partial charge in [0.25, 0.3) is 0 Å². The van der Waals surface area contributed by atoms with Gasteiger partial charge in [0.1, 0.15) is 5.75 Å². The Balaban J connectivity index is 2.02. The fraction of sp³-hybridized carbons (Fsp3) is 0.333. The number of benzene rings is 2. The smallest absolute Gasteiger partial charge is 0.406 e. The molecule has 4 heteroatoms. The van der Waals surface area contributed by atoms with Gasteiger partial charge in [0.15, 0.2) is 0 Å². The van der Waals surface area contributed by atoms with E-state index in [9.17, 15) is 13.2 Å². The van der Waals surface area contributed by atoms with E-state index in [1.165, 1.54) is 37.0 Å². The van der Waals surface area contributed by atoms with E-state index in [0.717, 1.165) is 17.5 Å². The van der Waals surface area contributed by atoms with Crippen molar-refractivity contribution in [3.05, 3.63) is 54.1 Å². The molecule has 0 unspecified atom stereocenters. The van der Waals surface area contributed by atoms with Crippen molar-refractivity contribution >= 4 is 0 Å². The van der Waals surface area contributed by atoms with Crippen molar-refractivity contribution in [1.29, 1.82) is 0 Å². The standard InChI is InChI=1S/C18H19F3O/c1-2-3-4-5-14-6-8-15(9-7-14)16-10-12-17(13-11-16)22-18(19,20)21/h6-13H,2-5H2,1H3. The Morgan fingerprint density at radius 2 is 1.36 bits per heavy atom. The molecule has 0 spiro atoms. The molecule has 0 amide bonds. The van der Waals surface area contributed by atoms with Crippen molar-refractivity contribution in [3.8, 4) is 16.9 Å². The zero-order chi connectivity index (χ0) is 16.0. The second-order valence-corrected chi connectivity index (χ2v) is 5.23. The Morgan fingerprint density at radius 1 is 0.818 bits per heavy atom. The molecule has 2 rings (SSSR count). The molecule has 0 heterocycles. The second-order valence-electron chi connectivity index (χ2n) is 5.23. The minimum atomic E-state index is -4.65. The highest BCUT2D eigenvalue weighted by molar-refractivity contribution is 5.64. The Bertz CT molecular complexity index is 571. The number of unbranched alkanes of at least 4 members (excludes halogenated alkanes) is 2. The van der Waals surface area contributed by atoms with Gasteiger partial charge in [-0.1, -0.05) is 56.2 Å². The van der Waals surface area contributed by atoms with Crippen LogP contribution in [0.2, 0.25) is 0 Å². The molecule has 22 heavy (non-hydrogen) atoms. The minimum Gasteiger partial charge on any atom is -0.406 e. The van der Waals surface area contributed by atoms with Crippen LogP contribution in [0.25, 0.3) is 11.1 Å². The van der Waals surface area contributed by atoms with Gasteiger partial charge in [0.2, 0.25) is 0 Å². The minimum absolute atomic E-state index is 0.201. The van der Waals surface area contributed by atoms with Crippen molar-refractivity contribution < 1.29 is 17.9 Å². The molecule has 118 valence electrons. The Labute approximate surface area is 128 Å². The highest BCUT2D eigenvalue weighted by Crippen LogP contribution is 2.26. The van der Waals surface area contributed by atoms with Crippen LogP contribution in [0, 0.1) is 0 Å². The van der Waals surface area contributed by atoms with Crippen LogP contribution in [0.4, 0.5) is 13.2 Å². The van der Waals surface area contributed by atoms with Crippen molar-refractivity contribution in [2.24, 2.45) is 0 Å². The van der Waals surface area contributed by atoms with E-state index in [1.807, 2.05) is 12.1 Å². The average molecular weight is 308 g/mol. The molecular formula is C18H19F3O. The van der Waals surface area contributed by atoms with Crippen LogP contribution in [-0.2, 0) is 6.42 Å². The summed E-state index contributed by atoms with van der Waals surface area (Å²) in [5.74, 6) is -0.201. The second kappa shape index (κ2) is 7.34. The molecule has 0 bridgehead atoms. The third kappa shape index (κ3) is 5.10. The van der Waals surface area contributed by atoms with E-state index in [2.05, 4.69) is 23.8 Å². The normalized spacial score (nSPS) is 11.5. The largest absolute Gasteiger partial charge is 0.573 e. The summed E-state index contributed by atoms with van der Waals surface area (Å²) in [6, 6.07) is 14.1. The summed E-state index contributed by atoms with van der Waals surface area (Å²) in [7, 11) is 0. The number of alkyl halides is 3. The molecule has 0 aliphatic heterocycles. The Hall–Kier alpha value is -1.97. The predicted molar refractivity (Wildman–Crippen MR) is 81.8 cm³/mol. The Kier molecular flexibility index (Phi) is 5.47. The third-order valence-corrected chi connectivity index (χ3v) is 3.44. The molecule has 0 saturated heterocycles. The summed E-state index contributed by atoms with van der Waals surface area (Å²) >= 11 is 0. The molecular weight excluding hydrogens is 289 g/mol. The number of rotatable bonds is 6. The number of halogens is 3. The average Bonchev–Trinajstić information content (AvgIpc) is 2.48. The van der Waals surface area contributed by atoms with Crippen LogP contribution in [0.15, 0.2) is 48.5 Å². The molecule has 0 saturated carbocycles. The lowest BCUT2D eigenvalue weighted by Crippen LogP contribution is -2.16. The van der Waals surface area contributed by atoms with Gasteiger partial charge in [-0.3, -0.25) is 0 Å². The van der Waals surface area contributed by atoms with Gasteiger partial charge in [-0.05, 0) is 41.7 Å². The van der Waals surface area contributed by atoms with Gasteiger partial charge >= 0.3 is 6.36 Å². The van der Waals surface area contributed by atoms with Gasteiger partial charge < -0.3 is 4.74 Å². The van der Waals surface area contributed by atoms with E-state index in [0.29, 0.717) is 0 Å². The maximum atomic E-state index is 12.1. The van der Waals surface area contributed by atoms with Crippen LogP contribution in [-0.4, -0.2) is 6.36 Å². The fourth-order valence-electron chi connectivity index (χ4n) is 2.29. The van der Waals surface area contributed by atoms with Gasteiger partial charge in [-0.2, -0.15) is 0 Å². The molecule has 0 atom stereocenters. The predicted octanol–water partition coefficient (Wildman–Crippen LogP) is 5.98. The van der Waals surface area contributed by atoms with Gasteiger partial charge in [0, 0.05) is 0 Å². The monoisotopic (exact) mass is 308 g/mol. The van der Waals surface area contributed by atoms with E-state index < -0.39 is 6.36 Å². The first kappa shape index (κ1) is 16.4. The topological polar surface area (TPSA) is 9.23 Å². The molecule has 2 aromatic carbocycles. The van der Waals surface area contributed by atoms with Gasteiger partial charge in [-0.25, -0.2) is 0 Å². The number of ether oxygens (including phenoxy) is 1. The molecule has 0 radical (unpaired) electrons. The Morgan fingerprint density at radius 3 is 1.86 bits per heavy atom. The SMILES string of the molecule is CCCCCc1ccc(-c2ccc(OC(F)(F)F)cc2)cc1. The van der Waals surface area contributed by atoms with E-state index in [1.54, 1.807) is 12.1 Å². The summed E-state index contributed by atoms with van der Waals surface area (Å²) < 4.78 is 40.2. The maximum Gasteiger partial charge on any atom is 0.573 e. The van der Waals surface area contributed by atoms with Crippen LogP contribution in [0.3, 0.4) is 0 Å². The highest BCUT2D eigenvalue weighted by Gasteiger charge is 2.30.